The van der Waals surface area contributed by atoms with Crippen LogP contribution in [0.25, 0.3) is 6.08 Å². The lowest BCUT2D eigenvalue weighted by Gasteiger charge is -2.18. The number of allylic oxidation sites excluding steroid dienone is 1. The molecule has 1 aromatic heterocycles. The van der Waals surface area contributed by atoms with Crippen LogP contribution in [0.15, 0.2) is 40.8 Å². The molecule has 0 saturated heterocycles. The fourth-order valence-corrected chi connectivity index (χ4v) is 2.10. The molecule has 2 aromatic rings. The van der Waals surface area contributed by atoms with Gasteiger partial charge in [-0.2, -0.15) is 0 Å². The third-order valence-corrected chi connectivity index (χ3v) is 3.24. The van der Waals surface area contributed by atoms with Crippen molar-refractivity contribution in [3.05, 3.63) is 53.5 Å². The number of methoxy groups -OCH3 is 1. The number of esters is 1. The number of hydrogen-bond donors (Lipinski definition) is 0. The molecule has 0 saturated carbocycles. The van der Waals surface area contributed by atoms with Crippen LogP contribution in [0, 0.1) is 0 Å². The Morgan fingerprint density at radius 3 is 2.65 bits per heavy atom. The Kier molecular flexibility index (Phi) is 4.14. The molecular formula is C17H14O6. The van der Waals surface area contributed by atoms with Crippen LogP contribution < -0.4 is 9.47 Å². The predicted molar refractivity (Wildman–Crippen MR) is 80.8 cm³/mol. The average molecular weight is 314 g/mol. The molecule has 2 heterocycles. The summed E-state index contributed by atoms with van der Waals surface area (Å²) >= 11 is 0. The summed E-state index contributed by atoms with van der Waals surface area (Å²) in [6.07, 6.45) is 2.86. The Bertz CT molecular complexity index is 771. The predicted octanol–water partition coefficient (Wildman–Crippen LogP) is 2.73. The highest BCUT2D eigenvalue weighted by Gasteiger charge is 2.14. The Hall–Kier alpha value is -3.02. The van der Waals surface area contributed by atoms with Crippen LogP contribution in [0.2, 0.25) is 0 Å². The van der Waals surface area contributed by atoms with E-state index in [1.807, 2.05) is 0 Å². The van der Waals surface area contributed by atoms with Gasteiger partial charge in [0, 0.05) is 5.56 Å². The molecule has 3 rings (SSSR count). The van der Waals surface area contributed by atoms with Crippen molar-refractivity contribution in [1.82, 2.24) is 0 Å². The van der Waals surface area contributed by atoms with Crippen LogP contribution in [0.4, 0.5) is 0 Å². The summed E-state index contributed by atoms with van der Waals surface area (Å²) in [5.41, 5.74) is 0.477. The third-order valence-electron chi connectivity index (χ3n) is 3.24. The number of hydrogen-bond acceptors (Lipinski definition) is 6. The molecule has 0 unspecified atom stereocenters. The first-order valence-electron chi connectivity index (χ1n) is 6.97. The Morgan fingerprint density at radius 2 is 1.87 bits per heavy atom. The van der Waals surface area contributed by atoms with E-state index in [0.29, 0.717) is 36.0 Å². The Balaban J connectivity index is 1.73. The van der Waals surface area contributed by atoms with Crippen molar-refractivity contribution in [2.45, 2.75) is 0 Å². The van der Waals surface area contributed by atoms with Crippen molar-refractivity contribution in [2.75, 3.05) is 20.3 Å². The summed E-state index contributed by atoms with van der Waals surface area (Å²) in [5, 5.41) is 0. The van der Waals surface area contributed by atoms with Crippen molar-refractivity contribution in [1.29, 1.82) is 0 Å². The molecule has 0 N–H and O–H groups in total. The van der Waals surface area contributed by atoms with Gasteiger partial charge in [0.05, 0.1) is 7.11 Å². The van der Waals surface area contributed by atoms with Crippen LogP contribution in [-0.2, 0) is 4.74 Å². The molecule has 0 atom stereocenters. The lowest BCUT2D eigenvalue weighted by atomic mass is 10.1. The number of rotatable bonds is 4. The van der Waals surface area contributed by atoms with E-state index in [-0.39, 0.29) is 11.5 Å². The molecule has 0 aliphatic carbocycles. The van der Waals surface area contributed by atoms with Crippen molar-refractivity contribution in [3.8, 4) is 11.5 Å². The van der Waals surface area contributed by atoms with Gasteiger partial charge in [-0.05, 0) is 42.5 Å². The van der Waals surface area contributed by atoms with Gasteiger partial charge in [0.2, 0.25) is 5.76 Å². The summed E-state index contributed by atoms with van der Waals surface area (Å²) in [5.74, 6) is 0.878. The second-order valence-corrected chi connectivity index (χ2v) is 4.75. The monoisotopic (exact) mass is 314 g/mol. The average Bonchev–Trinajstić information content (AvgIpc) is 3.07. The number of furan rings is 1. The molecule has 118 valence electrons. The molecule has 1 aliphatic heterocycles. The van der Waals surface area contributed by atoms with Gasteiger partial charge < -0.3 is 18.6 Å². The molecule has 0 spiro atoms. The molecule has 6 nitrogen and oxygen atoms in total. The topological polar surface area (TPSA) is 75.0 Å². The molecule has 0 bridgehead atoms. The van der Waals surface area contributed by atoms with E-state index >= 15 is 0 Å². The van der Waals surface area contributed by atoms with E-state index in [0.717, 1.165) is 0 Å². The van der Waals surface area contributed by atoms with Crippen LogP contribution in [0.1, 0.15) is 26.7 Å². The van der Waals surface area contributed by atoms with E-state index in [9.17, 15) is 9.59 Å². The van der Waals surface area contributed by atoms with Gasteiger partial charge >= 0.3 is 5.97 Å². The SMILES string of the molecule is COC(=O)c1ccc(/C=C/C(=O)c2ccc3c(c2)OCCO3)o1. The van der Waals surface area contributed by atoms with Crippen molar-refractivity contribution in [3.63, 3.8) is 0 Å². The number of ketones is 1. The molecule has 1 aromatic carbocycles. The fraction of sp³-hybridized carbons (Fsp3) is 0.176. The molecule has 0 amide bonds. The van der Waals surface area contributed by atoms with E-state index in [1.54, 1.807) is 24.3 Å². The van der Waals surface area contributed by atoms with E-state index in [1.165, 1.54) is 25.3 Å². The molecule has 6 heteroatoms. The first-order chi connectivity index (χ1) is 11.2. The van der Waals surface area contributed by atoms with Crippen LogP contribution in [-0.4, -0.2) is 32.1 Å². The first-order valence-corrected chi connectivity index (χ1v) is 6.97. The maximum absolute atomic E-state index is 12.2. The highest BCUT2D eigenvalue weighted by atomic mass is 16.6. The van der Waals surface area contributed by atoms with Gasteiger partial charge in [0.25, 0.3) is 0 Å². The summed E-state index contributed by atoms with van der Waals surface area (Å²) in [6, 6.07) is 8.09. The summed E-state index contributed by atoms with van der Waals surface area (Å²) in [7, 11) is 1.27. The van der Waals surface area contributed by atoms with Crippen LogP contribution in [0.5, 0.6) is 11.5 Å². The highest BCUT2D eigenvalue weighted by Crippen LogP contribution is 2.31. The van der Waals surface area contributed by atoms with Gasteiger partial charge in [-0.25, -0.2) is 4.79 Å². The fourth-order valence-electron chi connectivity index (χ4n) is 2.10. The Morgan fingerprint density at radius 1 is 1.09 bits per heavy atom. The minimum Gasteiger partial charge on any atom is -0.486 e. The summed E-state index contributed by atoms with van der Waals surface area (Å²) in [4.78, 5) is 23.5. The number of benzene rings is 1. The van der Waals surface area contributed by atoms with Crippen LogP contribution in [0.3, 0.4) is 0 Å². The molecule has 0 radical (unpaired) electrons. The number of carbonyl (C=O) groups is 2. The quantitative estimate of drug-likeness (QED) is 0.491. The molecule has 23 heavy (non-hydrogen) atoms. The van der Waals surface area contributed by atoms with E-state index in [4.69, 9.17) is 13.9 Å². The van der Waals surface area contributed by atoms with Gasteiger partial charge in [0.15, 0.2) is 17.3 Å². The second-order valence-electron chi connectivity index (χ2n) is 4.75. The maximum atomic E-state index is 12.2. The normalized spacial score (nSPS) is 13.1. The number of ether oxygens (including phenoxy) is 3. The summed E-state index contributed by atoms with van der Waals surface area (Å²) in [6.45, 7) is 0.963. The number of fused-ring (bicyclic) bond motifs is 1. The second kappa shape index (κ2) is 6.39. The zero-order valence-electron chi connectivity index (χ0n) is 12.4. The molecule has 1 aliphatic rings. The standard InChI is InChI=1S/C17H14O6/c1-20-17(19)15-7-4-12(23-15)3-5-13(18)11-2-6-14-16(10-11)22-9-8-21-14/h2-7,10H,8-9H2,1H3/b5-3+. The largest absolute Gasteiger partial charge is 0.486 e. The zero-order valence-corrected chi connectivity index (χ0v) is 12.4. The third kappa shape index (κ3) is 3.26. The minimum absolute atomic E-state index is 0.0823. The maximum Gasteiger partial charge on any atom is 0.373 e. The minimum atomic E-state index is -0.567. The first kappa shape index (κ1) is 14.9. The lowest BCUT2D eigenvalue weighted by Crippen LogP contribution is -2.15. The van der Waals surface area contributed by atoms with Crippen molar-refractivity contribution in [2.24, 2.45) is 0 Å². The molecule has 0 fully saturated rings. The van der Waals surface area contributed by atoms with Gasteiger partial charge in [-0.15, -0.1) is 0 Å². The van der Waals surface area contributed by atoms with Crippen LogP contribution >= 0.6 is 0 Å². The number of carbonyl (C=O) groups excluding carboxylic acids is 2. The van der Waals surface area contributed by atoms with Crippen molar-refractivity contribution < 1.29 is 28.2 Å². The van der Waals surface area contributed by atoms with Gasteiger partial charge in [-0.3, -0.25) is 4.79 Å². The van der Waals surface area contributed by atoms with E-state index in [2.05, 4.69) is 4.74 Å². The van der Waals surface area contributed by atoms with Gasteiger partial charge in [0.1, 0.15) is 19.0 Å². The summed E-state index contributed by atoms with van der Waals surface area (Å²) < 4.78 is 20.7. The Labute approximate surface area is 132 Å². The highest BCUT2D eigenvalue weighted by molar-refractivity contribution is 6.07. The lowest BCUT2D eigenvalue weighted by molar-refractivity contribution is 0.0564. The zero-order chi connectivity index (χ0) is 16.2. The van der Waals surface area contributed by atoms with Crippen molar-refractivity contribution >= 4 is 17.8 Å². The van der Waals surface area contributed by atoms with Gasteiger partial charge in [-0.1, -0.05) is 0 Å². The van der Waals surface area contributed by atoms with E-state index < -0.39 is 5.97 Å². The molecular weight excluding hydrogens is 300 g/mol. The smallest absolute Gasteiger partial charge is 0.373 e.